The zero-order chi connectivity index (χ0) is 34.6. The van der Waals surface area contributed by atoms with Gasteiger partial charge in [-0.25, -0.2) is 0 Å². The first-order valence-corrected chi connectivity index (χ1v) is 20.7. The molecule has 11 heteroatoms. The molecule has 49 heavy (non-hydrogen) atoms. The van der Waals surface area contributed by atoms with Crippen molar-refractivity contribution in [2.45, 2.75) is 39.3 Å². The number of hydrogen-bond acceptors (Lipinski definition) is 7. The maximum absolute atomic E-state index is 13.7. The molecule has 0 bridgehead atoms. The third-order valence-electron chi connectivity index (χ3n) is 8.18. The van der Waals surface area contributed by atoms with Crippen molar-refractivity contribution < 1.29 is 33.3 Å². The van der Waals surface area contributed by atoms with Crippen LogP contribution in [0.1, 0.15) is 28.2 Å². The van der Waals surface area contributed by atoms with Crippen LogP contribution in [0.2, 0.25) is 10.6 Å². The topological polar surface area (TPSA) is 112 Å². The Kier molecular flexibility index (Phi) is 13.2. The molecule has 2 N–H and O–H groups in total. The quantitative estimate of drug-likeness (QED) is 0.118. The Morgan fingerprint density at radius 3 is 1.63 bits per heavy atom. The number of benzene rings is 4. The van der Waals surface area contributed by atoms with E-state index in [4.69, 9.17) is 18.9 Å². The molecule has 0 unspecified atom stereocenters. The van der Waals surface area contributed by atoms with Gasteiger partial charge in [-0.05, 0) is 0 Å². The molecule has 0 fully saturated rings. The second-order valence-corrected chi connectivity index (χ2v) is 15.7. The van der Waals surface area contributed by atoms with Crippen LogP contribution in [-0.4, -0.2) is 87.9 Å². The van der Waals surface area contributed by atoms with Crippen LogP contribution in [0.4, 0.5) is 4.79 Å². The monoisotopic (exact) mass is 796 g/mol. The van der Waals surface area contributed by atoms with Crippen LogP contribution in [0.5, 0.6) is 11.5 Å². The molecule has 1 aliphatic carbocycles. The Hall–Kier alpha value is -4.27. The van der Waals surface area contributed by atoms with Gasteiger partial charge in [0.25, 0.3) is 0 Å². The van der Waals surface area contributed by atoms with E-state index in [1.807, 2.05) is 72.8 Å². The summed E-state index contributed by atoms with van der Waals surface area (Å²) in [6.07, 6.45) is -0.680. The van der Waals surface area contributed by atoms with Crippen molar-refractivity contribution >= 4 is 47.9 Å². The Morgan fingerprint density at radius 2 is 1.14 bits per heavy atom. The average Bonchev–Trinajstić information content (AvgIpc) is 3.46. The summed E-state index contributed by atoms with van der Waals surface area (Å²) in [6, 6.07) is 30.1. The third-order valence-corrected chi connectivity index (χ3v) is 12.8. The molecule has 4 aromatic carbocycles. The van der Waals surface area contributed by atoms with E-state index in [9.17, 15) is 14.4 Å². The van der Waals surface area contributed by atoms with Gasteiger partial charge in [-0.2, -0.15) is 0 Å². The minimum atomic E-state index is -0.893. The maximum atomic E-state index is 13.7. The third kappa shape index (κ3) is 9.67. The van der Waals surface area contributed by atoms with E-state index in [2.05, 4.69) is 34.9 Å². The Balaban J connectivity index is 1.23. The van der Waals surface area contributed by atoms with E-state index in [0.717, 1.165) is 55.5 Å². The molecule has 9 nitrogen and oxygen atoms in total. The Labute approximate surface area is 299 Å². The van der Waals surface area contributed by atoms with Crippen LogP contribution in [0.3, 0.4) is 0 Å². The molecule has 2 atom stereocenters. The number of hydrogen-bond donors (Lipinski definition) is 2. The van der Waals surface area contributed by atoms with Crippen molar-refractivity contribution in [1.29, 1.82) is 0 Å². The second-order valence-electron chi connectivity index (χ2n) is 11.3. The van der Waals surface area contributed by atoms with Crippen LogP contribution in [-0.2, 0) is 29.7 Å². The number of fused-ring (bicyclic) bond motifs is 3. The van der Waals surface area contributed by atoms with Gasteiger partial charge in [0, 0.05) is 0 Å². The van der Waals surface area contributed by atoms with Crippen LogP contribution in [0, 0.1) is 0 Å². The molecule has 0 aromatic heterocycles. The Bertz CT molecular complexity index is 1670. The molecule has 2 amide bonds. The van der Waals surface area contributed by atoms with Crippen molar-refractivity contribution in [1.82, 2.24) is 10.6 Å². The predicted molar refractivity (Wildman–Crippen MR) is 190 cm³/mol. The summed E-state index contributed by atoms with van der Waals surface area (Å²) < 4.78 is 21.3. The van der Waals surface area contributed by atoms with Crippen molar-refractivity contribution in [2.24, 2.45) is 0 Å². The van der Waals surface area contributed by atoms with E-state index >= 15 is 0 Å². The first-order chi connectivity index (χ1) is 23.9. The van der Waals surface area contributed by atoms with Crippen LogP contribution in [0.15, 0.2) is 97.1 Å². The summed E-state index contributed by atoms with van der Waals surface area (Å²) >= 11 is -0.0545. The molecule has 0 radical (unpaired) electrons. The van der Waals surface area contributed by atoms with Gasteiger partial charge in [-0.15, -0.1) is 0 Å². The number of ether oxygens (including phenoxy) is 4. The number of methoxy groups -OCH3 is 3. The van der Waals surface area contributed by atoms with Gasteiger partial charge in [0.1, 0.15) is 0 Å². The van der Waals surface area contributed by atoms with Crippen LogP contribution >= 0.6 is 0 Å². The van der Waals surface area contributed by atoms with Gasteiger partial charge in [-0.3, -0.25) is 0 Å². The molecule has 4 aromatic rings. The summed E-state index contributed by atoms with van der Waals surface area (Å²) in [6.45, 7) is 0.129. The number of alkyl carbamates (subject to hydrolysis) is 1. The zero-order valence-corrected chi connectivity index (χ0v) is 31.1. The van der Waals surface area contributed by atoms with E-state index in [1.165, 1.54) is 7.11 Å². The van der Waals surface area contributed by atoms with Crippen LogP contribution in [0.25, 0.3) is 11.1 Å². The number of rotatable bonds is 16. The van der Waals surface area contributed by atoms with Gasteiger partial charge in [0.2, 0.25) is 0 Å². The zero-order valence-electron chi connectivity index (χ0n) is 27.7. The van der Waals surface area contributed by atoms with Crippen molar-refractivity contribution in [3.63, 3.8) is 0 Å². The SMILES string of the molecule is COC(=O)[C@H](C[Se]Cc1ccc(OC)cc1)NC(=O)[C@H](C[Se]Cc1ccc(OC)cc1)NC(=O)OCC1c2ccccc2-c2ccccc21. The van der Waals surface area contributed by atoms with Gasteiger partial charge in [-0.1, -0.05) is 0 Å². The molecule has 1 aliphatic rings. The van der Waals surface area contributed by atoms with Gasteiger partial charge < -0.3 is 0 Å². The summed E-state index contributed by atoms with van der Waals surface area (Å²) in [5.41, 5.74) is 6.69. The molecule has 256 valence electrons. The summed E-state index contributed by atoms with van der Waals surface area (Å²) in [7, 11) is 4.56. The van der Waals surface area contributed by atoms with Gasteiger partial charge in [0.15, 0.2) is 0 Å². The first-order valence-electron chi connectivity index (χ1n) is 15.8. The summed E-state index contributed by atoms with van der Waals surface area (Å²) in [5.74, 6) is 0.475. The summed E-state index contributed by atoms with van der Waals surface area (Å²) in [4.78, 5) is 39.8. The molecule has 0 aliphatic heterocycles. The minimum absolute atomic E-state index is 0.00521. The number of nitrogens with one attached hydrogen (secondary N) is 2. The summed E-state index contributed by atoms with van der Waals surface area (Å²) in [5, 5.41) is 8.04. The molecule has 0 heterocycles. The number of amides is 2. The molecule has 0 saturated carbocycles. The number of carbonyl (C=O) groups is 3. The molecule has 5 rings (SSSR count). The van der Waals surface area contributed by atoms with E-state index < -0.39 is 30.1 Å². The fourth-order valence-electron chi connectivity index (χ4n) is 5.58. The Morgan fingerprint density at radius 1 is 0.653 bits per heavy atom. The van der Waals surface area contributed by atoms with Crippen molar-refractivity contribution in [2.75, 3.05) is 27.9 Å². The van der Waals surface area contributed by atoms with E-state index in [0.29, 0.717) is 10.6 Å². The fourth-order valence-corrected chi connectivity index (χ4v) is 9.81. The standard InChI is InChI=1S/C38H40N2O7Se2/c1-44-27-16-12-25(13-17-27)21-48-23-34(36(41)39-35(37(42)46-3)24-49-22-26-14-18-28(45-2)19-15-26)40-38(43)47-20-33-31-10-6-4-8-29(31)30-9-5-7-11-32(30)33/h4-19,33-35H,20-24H2,1-3H3,(H,39,41)(H,40,43)/t34-,35-/m0/s1. The first kappa shape index (κ1) is 36.0. The van der Waals surface area contributed by atoms with E-state index in [1.54, 1.807) is 14.2 Å². The number of esters is 1. The molecular weight excluding hydrogens is 754 g/mol. The molecule has 0 saturated heterocycles. The van der Waals surface area contributed by atoms with E-state index in [-0.39, 0.29) is 42.4 Å². The molecule has 0 spiro atoms. The average molecular weight is 795 g/mol. The van der Waals surface area contributed by atoms with Gasteiger partial charge in [0.05, 0.1) is 0 Å². The van der Waals surface area contributed by atoms with Gasteiger partial charge >= 0.3 is 301 Å². The fraction of sp³-hybridized carbons (Fsp3) is 0.289. The van der Waals surface area contributed by atoms with Crippen LogP contribution < -0.4 is 20.1 Å². The predicted octanol–water partition coefficient (Wildman–Crippen LogP) is 5.21. The normalized spacial score (nSPS) is 13.0. The second kappa shape index (κ2) is 17.9. The molecular formula is C38H40N2O7Se2. The number of carbonyl (C=O) groups excluding carboxylic acids is 3. The van der Waals surface area contributed by atoms with Crippen molar-refractivity contribution in [3.8, 4) is 22.6 Å². The van der Waals surface area contributed by atoms with Crippen molar-refractivity contribution in [3.05, 3.63) is 119 Å².